The molecule has 0 radical (unpaired) electrons. The number of methoxy groups -OCH3 is 2. The number of ketones is 1. The van der Waals surface area contributed by atoms with E-state index in [9.17, 15) is 14.7 Å². The molecule has 1 aliphatic heterocycles. The molecule has 1 aliphatic rings. The second-order valence-corrected chi connectivity index (χ2v) is 6.21. The molecule has 6 nitrogen and oxygen atoms in total. The van der Waals surface area contributed by atoms with Gasteiger partial charge in [0.1, 0.15) is 17.3 Å². The Bertz CT molecular complexity index is 949. The zero-order chi connectivity index (χ0) is 20.3. The number of hydrogen-bond acceptors (Lipinski definition) is 5. The number of likely N-dealkylation sites (tertiary alicyclic amines) is 1. The van der Waals surface area contributed by atoms with Crippen LogP contribution in [0.5, 0.6) is 11.5 Å². The largest absolute Gasteiger partial charge is 0.507 e. The third kappa shape index (κ3) is 3.24. The van der Waals surface area contributed by atoms with Crippen molar-refractivity contribution in [3.05, 3.63) is 77.9 Å². The van der Waals surface area contributed by atoms with Gasteiger partial charge in [0.2, 0.25) is 0 Å². The molecule has 1 amide bonds. The van der Waals surface area contributed by atoms with Crippen molar-refractivity contribution in [3.63, 3.8) is 0 Å². The topological polar surface area (TPSA) is 76.1 Å². The number of amides is 1. The molecule has 3 rings (SSSR count). The van der Waals surface area contributed by atoms with Crippen molar-refractivity contribution in [1.82, 2.24) is 4.90 Å². The highest BCUT2D eigenvalue weighted by Gasteiger charge is 2.46. The Morgan fingerprint density at radius 2 is 1.86 bits per heavy atom. The van der Waals surface area contributed by atoms with Crippen LogP contribution in [-0.2, 0) is 9.59 Å². The quantitative estimate of drug-likeness (QED) is 0.361. The van der Waals surface area contributed by atoms with Crippen LogP contribution in [0.4, 0.5) is 0 Å². The first-order valence-corrected chi connectivity index (χ1v) is 8.70. The number of hydrogen-bond donors (Lipinski definition) is 1. The summed E-state index contributed by atoms with van der Waals surface area (Å²) in [5.41, 5.74) is 1.04. The van der Waals surface area contributed by atoms with Gasteiger partial charge >= 0.3 is 0 Å². The van der Waals surface area contributed by atoms with Gasteiger partial charge in [-0.3, -0.25) is 9.59 Å². The molecule has 2 aromatic rings. The molecule has 1 heterocycles. The highest BCUT2D eigenvalue weighted by Crippen LogP contribution is 2.43. The van der Waals surface area contributed by atoms with E-state index in [1.54, 1.807) is 48.5 Å². The van der Waals surface area contributed by atoms with Crippen LogP contribution in [0.15, 0.2) is 66.8 Å². The first-order valence-electron chi connectivity index (χ1n) is 8.70. The molecule has 28 heavy (non-hydrogen) atoms. The Kier molecular flexibility index (Phi) is 5.49. The maximum absolute atomic E-state index is 12.8. The molecule has 1 N–H and O–H groups in total. The van der Waals surface area contributed by atoms with E-state index in [-0.39, 0.29) is 17.9 Å². The Morgan fingerprint density at radius 3 is 2.46 bits per heavy atom. The summed E-state index contributed by atoms with van der Waals surface area (Å²) in [6.07, 6.45) is 1.54. The van der Waals surface area contributed by atoms with Gasteiger partial charge in [-0.1, -0.05) is 36.4 Å². The number of aliphatic hydroxyl groups is 1. The lowest BCUT2D eigenvalue weighted by Gasteiger charge is -2.25. The van der Waals surface area contributed by atoms with E-state index in [0.29, 0.717) is 22.6 Å². The van der Waals surface area contributed by atoms with E-state index in [1.807, 2.05) is 0 Å². The second-order valence-electron chi connectivity index (χ2n) is 6.21. The lowest BCUT2D eigenvalue weighted by Crippen LogP contribution is -2.29. The van der Waals surface area contributed by atoms with Crippen molar-refractivity contribution in [2.24, 2.45) is 0 Å². The fourth-order valence-electron chi connectivity index (χ4n) is 3.33. The molecule has 1 atom stereocenters. The normalized spacial score (nSPS) is 18.2. The van der Waals surface area contributed by atoms with E-state index in [1.165, 1.54) is 25.2 Å². The fourth-order valence-corrected chi connectivity index (χ4v) is 3.33. The van der Waals surface area contributed by atoms with Gasteiger partial charge in [-0.15, -0.1) is 6.58 Å². The average Bonchev–Trinajstić information content (AvgIpc) is 2.98. The highest BCUT2D eigenvalue weighted by molar-refractivity contribution is 6.46. The smallest absolute Gasteiger partial charge is 0.295 e. The number of nitrogens with zero attached hydrogens (tertiary/aromatic N) is 1. The molecule has 0 saturated carbocycles. The Morgan fingerprint density at radius 1 is 1.14 bits per heavy atom. The maximum Gasteiger partial charge on any atom is 0.295 e. The molecule has 0 spiro atoms. The lowest BCUT2D eigenvalue weighted by molar-refractivity contribution is -0.139. The van der Waals surface area contributed by atoms with Crippen LogP contribution >= 0.6 is 0 Å². The van der Waals surface area contributed by atoms with Gasteiger partial charge in [-0.25, -0.2) is 0 Å². The molecule has 6 heteroatoms. The number of rotatable bonds is 6. The predicted octanol–water partition coefficient (Wildman–Crippen LogP) is 3.31. The molecule has 0 aromatic heterocycles. The van der Waals surface area contributed by atoms with Crippen molar-refractivity contribution < 1.29 is 24.2 Å². The lowest BCUT2D eigenvalue weighted by atomic mass is 9.94. The van der Waals surface area contributed by atoms with Crippen LogP contribution in [0.1, 0.15) is 17.2 Å². The molecule has 0 unspecified atom stereocenters. The van der Waals surface area contributed by atoms with Crippen LogP contribution in [0, 0.1) is 0 Å². The van der Waals surface area contributed by atoms with Crippen molar-refractivity contribution in [1.29, 1.82) is 0 Å². The maximum atomic E-state index is 12.8. The second kappa shape index (κ2) is 8.00. The summed E-state index contributed by atoms with van der Waals surface area (Å²) >= 11 is 0. The molecule has 144 valence electrons. The van der Waals surface area contributed by atoms with E-state index in [2.05, 4.69) is 6.58 Å². The number of aliphatic hydroxyl groups excluding tert-OH is 1. The van der Waals surface area contributed by atoms with E-state index in [4.69, 9.17) is 9.47 Å². The summed E-state index contributed by atoms with van der Waals surface area (Å²) in [5, 5.41) is 10.9. The van der Waals surface area contributed by atoms with E-state index in [0.717, 1.165) is 0 Å². The minimum absolute atomic E-state index is 0.0153. The molecular formula is C22H21NO5. The van der Waals surface area contributed by atoms with E-state index >= 15 is 0 Å². The van der Waals surface area contributed by atoms with Gasteiger partial charge in [0, 0.05) is 23.7 Å². The summed E-state index contributed by atoms with van der Waals surface area (Å²) in [4.78, 5) is 26.8. The first kappa shape index (κ1) is 19.2. The van der Waals surface area contributed by atoms with Crippen LogP contribution in [0.25, 0.3) is 5.76 Å². The summed E-state index contributed by atoms with van der Waals surface area (Å²) < 4.78 is 10.7. The molecule has 1 fully saturated rings. The highest BCUT2D eigenvalue weighted by atomic mass is 16.5. The van der Waals surface area contributed by atoms with Crippen LogP contribution in [0.2, 0.25) is 0 Å². The van der Waals surface area contributed by atoms with Crippen LogP contribution < -0.4 is 9.47 Å². The Labute approximate surface area is 163 Å². The minimum Gasteiger partial charge on any atom is -0.507 e. The monoisotopic (exact) mass is 379 g/mol. The predicted molar refractivity (Wildman–Crippen MR) is 105 cm³/mol. The number of benzene rings is 2. The number of ether oxygens (including phenoxy) is 2. The number of Topliss-reactive ketones (excluding diaryl/α,β-unsaturated/α-hetero) is 1. The molecule has 0 bridgehead atoms. The van der Waals surface area contributed by atoms with Crippen LogP contribution in [0.3, 0.4) is 0 Å². The summed E-state index contributed by atoms with van der Waals surface area (Å²) in [6.45, 7) is 3.82. The van der Waals surface area contributed by atoms with Gasteiger partial charge in [-0.2, -0.15) is 0 Å². The third-order valence-corrected chi connectivity index (χ3v) is 4.65. The van der Waals surface area contributed by atoms with E-state index < -0.39 is 17.7 Å². The minimum atomic E-state index is -0.806. The van der Waals surface area contributed by atoms with Gasteiger partial charge in [0.15, 0.2) is 0 Å². The fraction of sp³-hybridized carbons (Fsp3) is 0.182. The SMILES string of the molecule is C=CCN1C(=O)C(=O)/C(=C(/O)c2ccccc2)[C@@H]1c1ccc(OC)cc1OC. The van der Waals surface area contributed by atoms with Gasteiger partial charge in [-0.05, 0) is 12.1 Å². The zero-order valence-corrected chi connectivity index (χ0v) is 15.7. The molecule has 0 aliphatic carbocycles. The zero-order valence-electron chi connectivity index (χ0n) is 15.7. The number of carbonyl (C=O) groups excluding carboxylic acids is 2. The molecule has 1 saturated heterocycles. The third-order valence-electron chi connectivity index (χ3n) is 4.65. The van der Waals surface area contributed by atoms with Gasteiger partial charge < -0.3 is 19.5 Å². The van der Waals surface area contributed by atoms with Crippen molar-refractivity contribution in [2.45, 2.75) is 6.04 Å². The molecular weight excluding hydrogens is 358 g/mol. The van der Waals surface area contributed by atoms with Crippen molar-refractivity contribution >= 4 is 17.4 Å². The first-order chi connectivity index (χ1) is 13.5. The summed E-state index contributed by atoms with van der Waals surface area (Å²) in [6, 6.07) is 13.0. The summed E-state index contributed by atoms with van der Waals surface area (Å²) in [7, 11) is 3.03. The van der Waals surface area contributed by atoms with Crippen molar-refractivity contribution in [3.8, 4) is 11.5 Å². The van der Waals surface area contributed by atoms with Gasteiger partial charge in [0.05, 0.1) is 25.8 Å². The summed E-state index contributed by atoms with van der Waals surface area (Å²) in [5.74, 6) is -0.650. The Hall–Kier alpha value is -3.54. The molecule has 2 aromatic carbocycles. The Balaban J connectivity index is 2.25. The number of carbonyl (C=O) groups is 2. The standard InChI is InChI=1S/C22H21NO5/c1-4-12-23-19(16-11-10-15(27-2)13-17(16)28-3)18(21(25)22(23)26)20(24)14-8-6-5-7-9-14/h4-11,13,19,24H,1,12H2,2-3H3/b20-18+/t19-/m0/s1. The van der Waals surface area contributed by atoms with Crippen molar-refractivity contribution in [2.75, 3.05) is 20.8 Å². The van der Waals surface area contributed by atoms with Crippen LogP contribution in [-0.4, -0.2) is 42.5 Å². The van der Waals surface area contributed by atoms with Gasteiger partial charge in [0.25, 0.3) is 11.7 Å². The average molecular weight is 379 g/mol.